The van der Waals surface area contributed by atoms with Crippen molar-refractivity contribution in [3.05, 3.63) is 34.3 Å². The molecule has 21 heavy (non-hydrogen) atoms. The fourth-order valence-corrected chi connectivity index (χ4v) is 3.20. The van der Waals surface area contributed by atoms with Gasteiger partial charge in [-0.25, -0.2) is 0 Å². The molecule has 1 aromatic rings. The lowest BCUT2D eigenvalue weighted by atomic mass is 10.0. The van der Waals surface area contributed by atoms with E-state index in [1.165, 1.54) is 37.7 Å². The van der Waals surface area contributed by atoms with Crippen LogP contribution >= 0.6 is 15.9 Å². The third kappa shape index (κ3) is 6.09. The predicted octanol–water partition coefficient (Wildman–Crippen LogP) is 6.00. The molecular formula is C18H27BrO2. The van der Waals surface area contributed by atoms with Crippen molar-refractivity contribution < 1.29 is 9.47 Å². The molecule has 2 nitrogen and oxygen atoms in total. The maximum Gasteiger partial charge on any atom is 0.158 e. The summed E-state index contributed by atoms with van der Waals surface area (Å²) < 4.78 is 13.1. The number of benzene rings is 1. The minimum Gasteiger partial charge on any atom is -0.353 e. The molecule has 0 radical (unpaired) electrons. The summed E-state index contributed by atoms with van der Waals surface area (Å²) in [4.78, 5) is 0. The van der Waals surface area contributed by atoms with E-state index in [1.54, 1.807) is 0 Å². The summed E-state index contributed by atoms with van der Waals surface area (Å²) in [5.41, 5.74) is 1.26. The van der Waals surface area contributed by atoms with Crippen molar-refractivity contribution in [1.82, 2.24) is 0 Å². The Hall–Kier alpha value is -0.380. The number of hydrogen-bond donors (Lipinski definition) is 0. The summed E-state index contributed by atoms with van der Waals surface area (Å²) in [6.07, 6.45) is 9.71. The molecule has 0 aliphatic carbocycles. The van der Waals surface area contributed by atoms with E-state index in [1.807, 2.05) is 0 Å². The van der Waals surface area contributed by atoms with E-state index >= 15 is 0 Å². The van der Waals surface area contributed by atoms with Crippen molar-refractivity contribution in [3.8, 4) is 0 Å². The summed E-state index contributed by atoms with van der Waals surface area (Å²) in [6.45, 7) is 3.09. The van der Waals surface area contributed by atoms with Gasteiger partial charge in [-0.05, 0) is 43.4 Å². The van der Waals surface area contributed by atoms with Crippen LogP contribution in [0.4, 0.5) is 0 Å². The first-order valence-electron chi connectivity index (χ1n) is 8.32. The molecule has 2 unspecified atom stereocenters. The molecule has 1 aliphatic heterocycles. The van der Waals surface area contributed by atoms with Gasteiger partial charge >= 0.3 is 0 Å². The number of hydrogen-bond acceptors (Lipinski definition) is 2. The molecule has 1 heterocycles. The van der Waals surface area contributed by atoms with Gasteiger partial charge in [-0.1, -0.05) is 60.7 Å². The molecule has 1 aliphatic rings. The lowest BCUT2D eigenvalue weighted by Crippen LogP contribution is -2.24. The Bertz CT molecular complexity index is 402. The number of unbranched alkanes of at least 4 members (excludes halogenated alkanes) is 3. The molecule has 0 N–H and O–H groups in total. The summed E-state index contributed by atoms with van der Waals surface area (Å²) in [7, 11) is 0. The first-order chi connectivity index (χ1) is 10.3. The largest absolute Gasteiger partial charge is 0.353 e. The van der Waals surface area contributed by atoms with Gasteiger partial charge in [0.2, 0.25) is 0 Å². The van der Waals surface area contributed by atoms with Gasteiger partial charge in [0.25, 0.3) is 0 Å². The average molecular weight is 355 g/mol. The maximum absolute atomic E-state index is 6.27. The van der Waals surface area contributed by atoms with Gasteiger partial charge in [-0.15, -0.1) is 0 Å². The highest BCUT2D eigenvalue weighted by molar-refractivity contribution is 9.10. The van der Waals surface area contributed by atoms with E-state index in [9.17, 15) is 0 Å². The predicted molar refractivity (Wildman–Crippen MR) is 90.3 cm³/mol. The maximum atomic E-state index is 6.27. The molecule has 0 spiro atoms. The molecule has 2 rings (SSSR count). The first kappa shape index (κ1) is 17.0. The minimum atomic E-state index is -0.0195. The van der Waals surface area contributed by atoms with Crippen LogP contribution in [-0.4, -0.2) is 12.9 Å². The Labute approximate surface area is 137 Å². The van der Waals surface area contributed by atoms with Crippen LogP contribution < -0.4 is 0 Å². The number of halogens is 1. The molecule has 1 fully saturated rings. The Kier molecular flexibility index (Phi) is 7.76. The summed E-state index contributed by atoms with van der Waals surface area (Å²) in [5.74, 6) is 0. The second kappa shape index (κ2) is 9.60. The average Bonchev–Trinajstić information content (AvgIpc) is 2.51. The lowest BCUT2D eigenvalue weighted by Gasteiger charge is -2.28. The summed E-state index contributed by atoms with van der Waals surface area (Å²) >= 11 is 3.56. The standard InChI is InChI=1S/C18H27BrO2/c1-2-3-4-5-11-17(15-9-8-10-16(19)14-15)21-18-12-6-7-13-20-18/h8-10,14,17-18H,2-7,11-13H2,1H3. The van der Waals surface area contributed by atoms with Gasteiger partial charge in [-0.3, -0.25) is 0 Å². The van der Waals surface area contributed by atoms with Crippen LogP contribution in [0.3, 0.4) is 0 Å². The zero-order chi connectivity index (χ0) is 14.9. The summed E-state index contributed by atoms with van der Waals surface area (Å²) in [6, 6.07) is 8.49. The molecule has 0 aromatic heterocycles. The highest BCUT2D eigenvalue weighted by atomic mass is 79.9. The summed E-state index contributed by atoms with van der Waals surface area (Å²) in [5, 5.41) is 0. The molecule has 1 saturated heterocycles. The number of ether oxygens (including phenoxy) is 2. The van der Waals surface area contributed by atoms with Crippen molar-refractivity contribution in [1.29, 1.82) is 0 Å². The van der Waals surface area contributed by atoms with E-state index in [2.05, 4.69) is 47.1 Å². The van der Waals surface area contributed by atoms with Gasteiger partial charge in [-0.2, -0.15) is 0 Å². The molecule has 0 amide bonds. The van der Waals surface area contributed by atoms with Gasteiger partial charge in [0, 0.05) is 11.1 Å². The van der Waals surface area contributed by atoms with Crippen molar-refractivity contribution in [2.75, 3.05) is 6.61 Å². The Morgan fingerprint density at radius 3 is 2.90 bits per heavy atom. The van der Waals surface area contributed by atoms with Crippen molar-refractivity contribution in [3.63, 3.8) is 0 Å². The van der Waals surface area contributed by atoms with Crippen LogP contribution in [0.2, 0.25) is 0 Å². The lowest BCUT2D eigenvalue weighted by molar-refractivity contribution is -0.191. The molecule has 118 valence electrons. The van der Waals surface area contributed by atoms with Gasteiger partial charge < -0.3 is 9.47 Å². The fourth-order valence-electron chi connectivity index (χ4n) is 2.78. The minimum absolute atomic E-state index is 0.0195. The Morgan fingerprint density at radius 1 is 1.29 bits per heavy atom. The zero-order valence-electron chi connectivity index (χ0n) is 13.0. The fraction of sp³-hybridized carbons (Fsp3) is 0.667. The second-order valence-electron chi connectivity index (χ2n) is 5.83. The quantitative estimate of drug-likeness (QED) is 0.532. The smallest absolute Gasteiger partial charge is 0.158 e. The highest BCUT2D eigenvalue weighted by Gasteiger charge is 2.21. The molecule has 3 heteroatoms. The Morgan fingerprint density at radius 2 is 2.19 bits per heavy atom. The van der Waals surface area contributed by atoms with E-state index < -0.39 is 0 Å². The van der Waals surface area contributed by atoms with Crippen LogP contribution in [0.5, 0.6) is 0 Å². The Balaban J connectivity index is 1.95. The normalized spacial score (nSPS) is 20.4. The highest BCUT2D eigenvalue weighted by Crippen LogP contribution is 2.30. The third-order valence-electron chi connectivity index (χ3n) is 3.99. The second-order valence-corrected chi connectivity index (χ2v) is 6.74. The molecule has 0 bridgehead atoms. The van der Waals surface area contributed by atoms with Crippen LogP contribution in [-0.2, 0) is 9.47 Å². The molecule has 0 saturated carbocycles. The van der Waals surface area contributed by atoms with E-state index in [0.29, 0.717) is 0 Å². The van der Waals surface area contributed by atoms with Crippen LogP contribution in [0.15, 0.2) is 28.7 Å². The van der Waals surface area contributed by atoms with E-state index in [4.69, 9.17) is 9.47 Å². The third-order valence-corrected chi connectivity index (χ3v) is 4.49. The topological polar surface area (TPSA) is 18.5 Å². The monoisotopic (exact) mass is 354 g/mol. The molecular weight excluding hydrogens is 328 g/mol. The van der Waals surface area contributed by atoms with Crippen molar-refractivity contribution in [2.24, 2.45) is 0 Å². The van der Waals surface area contributed by atoms with Gasteiger partial charge in [0.15, 0.2) is 6.29 Å². The van der Waals surface area contributed by atoms with Crippen molar-refractivity contribution in [2.45, 2.75) is 70.7 Å². The van der Waals surface area contributed by atoms with E-state index in [0.717, 1.165) is 30.3 Å². The van der Waals surface area contributed by atoms with E-state index in [-0.39, 0.29) is 12.4 Å². The van der Waals surface area contributed by atoms with Gasteiger partial charge in [0.05, 0.1) is 6.10 Å². The van der Waals surface area contributed by atoms with Crippen LogP contribution in [0.1, 0.15) is 70.0 Å². The SMILES string of the molecule is CCCCCCC(OC1CCCCO1)c1cccc(Br)c1. The molecule has 2 atom stereocenters. The zero-order valence-corrected chi connectivity index (χ0v) is 14.6. The molecule has 1 aromatic carbocycles. The van der Waals surface area contributed by atoms with Gasteiger partial charge in [0.1, 0.15) is 0 Å². The first-order valence-corrected chi connectivity index (χ1v) is 9.11. The van der Waals surface area contributed by atoms with Crippen LogP contribution in [0.25, 0.3) is 0 Å². The number of rotatable bonds is 8. The van der Waals surface area contributed by atoms with Crippen molar-refractivity contribution >= 4 is 15.9 Å². The van der Waals surface area contributed by atoms with Crippen LogP contribution in [0, 0.1) is 0 Å².